The summed E-state index contributed by atoms with van der Waals surface area (Å²) >= 11 is 3.01. The minimum atomic E-state index is -0.645. The molecular formula is C14H12BrFN2O. The normalized spacial score (nSPS) is 10.3. The van der Waals surface area contributed by atoms with Gasteiger partial charge in [-0.2, -0.15) is 4.39 Å². The highest BCUT2D eigenvalue weighted by atomic mass is 79.9. The number of carbonyl (C=O) groups excluding carboxylic acids is 1. The number of pyridine rings is 1. The molecule has 1 aromatic carbocycles. The Morgan fingerprint density at radius 1 is 1.37 bits per heavy atom. The molecule has 0 bridgehead atoms. The number of halogens is 2. The van der Waals surface area contributed by atoms with E-state index in [0.717, 1.165) is 11.1 Å². The van der Waals surface area contributed by atoms with Crippen LogP contribution in [0.25, 0.3) is 0 Å². The van der Waals surface area contributed by atoms with Crippen LogP contribution in [0, 0.1) is 12.9 Å². The molecule has 0 saturated carbocycles. The number of aryl methyl sites for hydroxylation is 1. The third-order valence-corrected chi connectivity index (χ3v) is 3.11. The Morgan fingerprint density at radius 3 is 2.84 bits per heavy atom. The van der Waals surface area contributed by atoms with Gasteiger partial charge in [0, 0.05) is 0 Å². The van der Waals surface area contributed by atoms with Crippen molar-refractivity contribution in [3.63, 3.8) is 0 Å². The smallest absolute Gasteiger partial charge is 0.229 e. The van der Waals surface area contributed by atoms with Gasteiger partial charge >= 0.3 is 0 Å². The first-order chi connectivity index (χ1) is 9.04. The van der Waals surface area contributed by atoms with Crippen LogP contribution in [-0.4, -0.2) is 10.9 Å². The van der Waals surface area contributed by atoms with Crippen molar-refractivity contribution in [2.75, 3.05) is 5.32 Å². The zero-order chi connectivity index (χ0) is 13.8. The van der Waals surface area contributed by atoms with Crippen molar-refractivity contribution in [1.29, 1.82) is 0 Å². The number of anilines is 1. The van der Waals surface area contributed by atoms with E-state index in [-0.39, 0.29) is 22.6 Å². The standard InChI is InChI=1S/C14H12BrFN2O/c1-9-3-2-4-10(7-9)8-13(19)17-12-6-5-11(15)14(16)18-12/h2-7H,8H2,1H3,(H,17,18,19). The predicted molar refractivity (Wildman–Crippen MR) is 75.4 cm³/mol. The molecule has 5 heteroatoms. The van der Waals surface area contributed by atoms with E-state index in [1.807, 2.05) is 31.2 Å². The van der Waals surface area contributed by atoms with Crippen LogP contribution in [0.15, 0.2) is 40.9 Å². The van der Waals surface area contributed by atoms with Gasteiger partial charge in [0.05, 0.1) is 10.9 Å². The lowest BCUT2D eigenvalue weighted by Crippen LogP contribution is -2.15. The second-order valence-corrected chi connectivity index (χ2v) is 5.04. The Labute approximate surface area is 119 Å². The van der Waals surface area contributed by atoms with Gasteiger partial charge in [0.1, 0.15) is 5.82 Å². The van der Waals surface area contributed by atoms with Crippen LogP contribution >= 0.6 is 15.9 Å². The first-order valence-electron chi connectivity index (χ1n) is 5.72. The Balaban J connectivity index is 2.03. The van der Waals surface area contributed by atoms with Crippen molar-refractivity contribution < 1.29 is 9.18 Å². The summed E-state index contributed by atoms with van der Waals surface area (Å²) in [5.41, 5.74) is 2.01. The molecule has 0 aliphatic heterocycles. The van der Waals surface area contributed by atoms with Crippen LogP contribution in [0.2, 0.25) is 0 Å². The fourth-order valence-corrected chi connectivity index (χ4v) is 1.90. The highest BCUT2D eigenvalue weighted by Crippen LogP contribution is 2.15. The zero-order valence-corrected chi connectivity index (χ0v) is 11.9. The molecule has 0 unspecified atom stereocenters. The third kappa shape index (κ3) is 3.86. The molecule has 98 valence electrons. The topological polar surface area (TPSA) is 42.0 Å². The summed E-state index contributed by atoms with van der Waals surface area (Å²) in [7, 11) is 0. The summed E-state index contributed by atoms with van der Waals surface area (Å²) in [6.07, 6.45) is 0.237. The maximum absolute atomic E-state index is 13.2. The molecule has 0 atom stereocenters. The average Bonchev–Trinajstić information content (AvgIpc) is 2.34. The van der Waals surface area contributed by atoms with E-state index in [0.29, 0.717) is 0 Å². The highest BCUT2D eigenvalue weighted by molar-refractivity contribution is 9.10. The molecule has 1 heterocycles. The SMILES string of the molecule is Cc1cccc(CC(=O)Nc2ccc(Br)c(F)n2)c1. The van der Waals surface area contributed by atoms with Crippen LogP contribution < -0.4 is 5.32 Å². The molecular weight excluding hydrogens is 311 g/mol. The number of nitrogens with zero attached hydrogens (tertiary/aromatic N) is 1. The van der Waals surface area contributed by atoms with E-state index in [1.165, 1.54) is 6.07 Å². The first kappa shape index (κ1) is 13.7. The quantitative estimate of drug-likeness (QED) is 0.879. The Morgan fingerprint density at radius 2 is 2.16 bits per heavy atom. The summed E-state index contributed by atoms with van der Waals surface area (Å²) in [6, 6.07) is 10.7. The van der Waals surface area contributed by atoms with Crippen molar-refractivity contribution in [2.45, 2.75) is 13.3 Å². The fraction of sp³-hybridized carbons (Fsp3) is 0.143. The van der Waals surface area contributed by atoms with Crippen LogP contribution in [0.3, 0.4) is 0 Å². The van der Waals surface area contributed by atoms with Gasteiger partial charge in [-0.3, -0.25) is 4.79 Å². The number of benzene rings is 1. The van der Waals surface area contributed by atoms with Crippen molar-refractivity contribution in [1.82, 2.24) is 4.98 Å². The van der Waals surface area contributed by atoms with Gasteiger partial charge in [0.25, 0.3) is 0 Å². The molecule has 0 saturated heterocycles. The first-order valence-corrected chi connectivity index (χ1v) is 6.51. The van der Waals surface area contributed by atoms with Crippen LogP contribution in [-0.2, 0) is 11.2 Å². The lowest BCUT2D eigenvalue weighted by Gasteiger charge is -2.05. The van der Waals surface area contributed by atoms with Gasteiger partial charge in [0.15, 0.2) is 0 Å². The molecule has 1 aromatic heterocycles. The van der Waals surface area contributed by atoms with E-state index in [4.69, 9.17) is 0 Å². The Bertz CT molecular complexity index is 616. The molecule has 2 rings (SSSR count). The Hall–Kier alpha value is -1.75. The fourth-order valence-electron chi connectivity index (χ4n) is 1.68. The van der Waals surface area contributed by atoms with E-state index < -0.39 is 5.95 Å². The second-order valence-electron chi connectivity index (χ2n) is 4.18. The van der Waals surface area contributed by atoms with E-state index in [9.17, 15) is 9.18 Å². The van der Waals surface area contributed by atoms with Gasteiger partial charge < -0.3 is 5.32 Å². The Kier molecular flexibility index (Phi) is 4.27. The number of aromatic nitrogens is 1. The molecule has 0 radical (unpaired) electrons. The van der Waals surface area contributed by atoms with Crippen molar-refractivity contribution in [2.24, 2.45) is 0 Å². The van der Waals surface area contributed by atoms with Gasteiger partial charge in [-0.05, 0) is 40.5 Å². The molecule has 1 N–H and O–H groups in total. The van der Waals surface area contributed by atoms with Crippen molar-refractivity contribution in [3.05, 3.63) is 57.9 Å². The number of carbonyl (C=O) groups is 1. The molecule has 1 amide bonds. The summed E-state index contributed by atoms with van der Waals surface area (Å²) in [5.74, 6) is -0.661. The maximum atomic E-state index is 13.2. The van der Waals surface area contributed by atoms with E-state index >= 15 is 0 Å². The minimum absolute atomic E-state index is 0.207. The van der Waals surface area contributed by atoms with E-state index in [2.05, 4.69) is 26.2 Å². The van der Waals surface area contributed by atoms with Gasteiger partial charge in [-0.1, -0.05) is 29.8 Å². The van der Waals surface area contributed by atoms with Crippen molar-refractivity contribution >= 4 is 27.7 Å². The lowest BCUT2D eigenvalue weighted by molar-refractivity contribution is -0.115. The average molecular weight is 323 g/mol. The number of hydrogen-bond donors (Lipinski definition) is 1. The summed E-state index contributed by atoms with van der Waals surface area (Å²) in [6.45, 7) is 1.97. The maximum Gasteiger partial charge on any atom is 0.229 e. The monoisotopic (exact) mass is 322 g/mol. The number of nitrogens with one attached hydrogen (secondary N) is 1. The van der Waals surface area contributed by atoms with Crippen LogP contribution in [0.4, 0.5) is 10.2 Å². The molecule has 19 heavy (non-hydrogen) atoms. The lowest BCUT2D eigenvalue weighted by atomic mass is 10.1. The largest absolute Gasteiger partial charge is 0.310 e. The molecule has 3 nitrogen and oxygen atoms in total. The number of rotatable bonds is 3. The summed E-state index contributed by atoms with van der Waals surface area (Å²) in [4.78, 5) is 15.4. The molecule has 0 aliphatic rings. The molecule has 0 aliphatic carbocycles. The van der Waals surface area contributed by atoms with E-state index in [1.54, 1.807) is 6.07 Å². The van der Waals surface area contributed by atoms with Crippen LogP contribution in [0.5, 0.6) is 0 Å². The predicted octanol–water partition coefficient (Wildman–Crippen LogP) is 3.47. The zero-order valence-electron chi connectivity index (χ0n) is 10.3. The number of amides is 1. The molecule has 0 fully saturated rings. The minimum Gasteiger partial charge on any atom is -0.310 e. The van der Waals surface area contributed by atoms with Gasteiger partial charge in [-0.25, -0.2) is 4.98 Å². The van der Waals surface area contributed by atoms with Crippen LogP contribution in [0.1, 0.15) is 11.1 Å². The third-order valence-electron chi connectivity index (χ3n) is 2.52. The summed E-state index contributed by atoms with van der Waals surface area (Å²) in [5, 5.41) is 2.57. The number of hydrogen-bond acceptors (Lipinski definition) is 2. The van der Waals surface area contributed by atoms with Crippen molar-refractivity contribution in [3.8, 4) is 0 Å². The molecule has 2 aromatic rings. The molecule has 0 spiro atoms. The summed E-state index contributed by atoms with van der Waals surface area (Å²) < 4.78 is 13.5. The van der Waals surface area contributed by atoms with Gasteiger partial charge in [-0.15, -0.1) is 0 Å². The highest BCUT2D eigenvalue weighted by Gasteiger charge is 2.07. The second kappa shape index (κ2) is 5.93. The van der Waals surface area contributed by atoms with Gasteiger partial charge in [0.2, 0.25) is 11.9 Å².